The van der Waals surface area contributed by atoms with Crippen LogP contribution in [0.1, 0.15) is 54.0 Å². The predicted octanol–water partition coefficient (Wildman–Crippen LogP) is 4.24. The molecule has 1 amide bonds. The van der Waals surface area contributed by atoms with Crippen molar-refractivity contribution in [3.8, 4) is 11.5 Å². The van der Waals surface area contributed by atoms with E-state index in [4.69, 9.17) is 9.47 Å². The third kappa shape index (κ3) is 7.14. The lowest BCUT2D eigenvalue weighted by atomic mass is 9.97. The first-order valence-corrected chi connectivity index (χ1v) is 9.62. The van der Waals surface area contributed by atoms with Gasteiger partial charge >= 0.3 is 11.9 Å². The van der Waals surface area contributed by atoms with Crippen molar-refractivity contribution in [1.82, 2.24) is 5.32 Å². The van der Waals surface area contributed by atoms with Crippen molar-refractivity contribution in [1.29, 1.82) is 0 Å². The molecule has 0 aliphatic heterocycles. The largest absolute Gasteiger partial charge is 0.422 e. The maximum Gasteiger partial charge on any atom is 0.316 e. The number of benzene rings is 1. The molecule has 8 heteroatoms. The van der Waals surface area contributed by atoms with Gasteiger partial charge in [0.2, 0.25) is 5.91 Å². The molecule has 0 saturated carbocycles. The highest BCUT2D eigenvalue weighted by Crippen LogP contribution is 2.38. The highest BCUT2D eigenvalue weighted by Gasteiger charge is 2.29. The summed E-state index contributed by atoms with van der Waals surface area (Å²) in [6, 6.07) is 2.81. The number of nitrogens with one attached hydrogen (secondary N) is 1. The summed E-state index contributed by atoms with van der Waals surface area (Å²) in [5.41, 5.74) is -1.05. The maximum absolute atomic E-state index is 13.5. The van der Waals surface area contributed by atoms with E-state index in [0.29, 0.717) is 12.0 Å². The molecule has 0 spiro atoms. The van der Waals surface area contributed by atoms with Crippen LogP contribution in [-0.4, -0.2) is 24.4 Å². The van der Waals surface area contributed by atoms with E-state index in [9.17, 15) is 18.3 Å². The number of amides is 1. The molecule has 0 fully saturated rings. The fourth-order valence-corrected chi connectivity index (χ4v) is 2.30. The highest BCUT2D eigenvalue weighted by atomic mass is 32.2. The number of carbonyl (C=O) groups excluding carboxylic acids is 3. The molecule has 0 bridgehead atoms. The third-order valence-corrected chi connectivity index (χ3v) is 4.15. The fraction of sp³-hybridized carbons (Fsp3) is 0.550. The Balaban J connectivity index is 3.32. The molecule has 0 aliphatic carbocycles. The lowest BCUT2D eigenvalue weighted by Gasteiger charge is -2.21. The standard InChI is InChI=1S/C20H28FNO5S/c1-12(23)22-9-8-13-10-14(26-17(24)19(2,3)4)15(11-16(13)28-21)27-18(25)20(5,6)7/h10-11H,8-9H2,1-7H3,(H,22,23). The predicted molar refractivity (Wildman–Crippen MR) is 106 cm³/mol. The second-order valence-electron chi connectivity index (χ2n) is 8.50. The minimum absolute atomic E-state index is 0.00835. The molecular weight excluding hydrogens is 385 g/mol. The molecule has 0 atom stereocenters. The van der Waals surface area contributed by atoms with Crippen molar-refractivity contribution in [2.75, 3.05) is 6.54 Å². The van der Waals surface area contributed by atoms with E-state index < -0.39 is 22.8 Å². The Bertz CT molecular complexity index is 750. The van der Waals surface area contributed by atoms with Crippen molar-refractivity contribution in [3.05, 3.63) is 17.7 Å². The normalized spacial score (nSPS) is 11.7. The molecule has 0 unspecified atom stereocenters. The average Bonchev–Trinajstić information content (AvgIpc) is 2.54. The van der Waals surface area contributed by atoms with Crippen LogP contribution in [0.2, 0.25) is 0 Å². The van der Waals surface area contributed by atoms with Gasteiger partial charge in [0, 0.05) is 24.4 Å². The van der Waals surface area contributed by atoms with Crippen molar-refractivity contribution in [3.63, 3.8) is 0 Å². The minimum Gasteiger partial charge on any atom is -0.422 e. The molecular formula is C20H28FNO5S. The van der Waals surface area contributed by atoms with Gasteiger partial charge in [-0.3, -0.25) is 14.4 Å². The van der Waals surface area contributed by atoms with E-state index in [-0.39, 0.29) is 41.0 Å². The smallest absolute Gasteiger partial charge is 0.316 e. The zero-order valence-electron chi connectivity index (χ0n) is 17.4. The van der Waals surface area contributed by atoms with Crippen molar-refractivity contribution in [2.45, 2.75) is 59.8 Å². The summed E-state index contributed by atoms with van der Waals surface area (Å²) in [5.74, 6) is -1.26. The van der Waals surface area contributed by atoms with Crippen LogP contribution in [0.5, 0.6) is 11.5 Å². The fourth-order valence-electron chi connectivity index (χ4n) is 1.89. The summed E-state index contributed by atoms with van der Waals surface area (Å²) in [6.07, 6.45) is 0.319. The Hall–Kier alpha value is -2.09. The lowest BCUT2D eigenvalue weighted by molar-refractivity contribution is -0.145. The number of rotatable bonds is 6. The van der Waals surface area contributed by atoms with E-state index in [2.05, 4.69) is 5.32 Å². The average molecular weight is 414 g/mol. The molecule has 0 aliphatic rings. The van der Waals surface area contributed by atoms with E-state index in [1.165, 1.54) is 19.1 Å². The summed E-state index contributed by atoms with van der Waals surface area (Å²) in [4.78, 5) is 35.9. The van der Waals surface area contributed by atoms with Gasteiger partial charge in [-0.1, -0.05) is 0 Å². The number of esters is 2. The molecule has 156 valence electrons. The van der Waals surface area contributed by atoms with Gasteiger partial charge in [0.05, 0.1) is 23.0 Å². The molecule has 0 radical (unpaired) electrons. The first kappa shape index (κ1) is 23.9. The summed E-state index contributed by atoms with van der Waals surface area (Å²) in [7, 11) is 0. The molecule has 28 heavy (non-hydrogen) atoms. The molecule has 1 rings (SSSR count). The Labute approximate surface area is 169 Å². The van der Waals surface area contributed by atoms with Gasteiger partial charge in [-0.2, -0.15) is 3.89 Å². The van der Waals surface area contributed by atoms with Crippen molar-refractivity contribution in [2.24, 2.45) is 10.8 Å². The molecule has 6 nitrogen and oxygen atoms in total. The molecule has 0 saturated heterocycles. The van der Waals surface area contributed by atoms with Crippen molar-refractivity contribution < 1.29 is 27.7 Å². The Morgan fingerprint density at radius 2 is 1.43 bits per heavy atom. The molecule has 0 aromatic heterocycles. The van der Waals surface area contributed by atoms with Gasteiger partial charge < -0.3 is 14.8 Å². The van der Waals surface area contributed by atoms with Crippen LogP contribution in [0, 0.1) is 10.8 Å². The van der Waals surface area contributed by atoms with Gasteiger partial charge in [-0.25, -0.2) is 0 Å². The number of hydrogen-bond acceptors (Lipinski definition) is 6. The topological polar surface area (TPSA) is 81.7 Å². The van der Waals surface area contributed by atoms with E-state index >= 15 is 0 Å². The first-order valence-electron chi connectivity index (χ1n) is 8.90. The molecule has 1 aromatic carbocycles. The molecule has 0 heterocycles. The van der Waals surface area contributed by atoms with Gasteiger partial charge in [0.1, 0.15) is 0 Å². The molecule has 1 N–H and O–H groups in total. The number of carbonyl (C=O) groups is 3. The van der Waals surface area contributed by atoms with Crippen LogP contribution < -0.4 is 14.8 Å². The second kappa shape index (κ2) is 9.41. The van der Waals surface area contributed by atoms with Crippen LogP contribution in [0.4, 0.5) is 3.89 Å². The van der Waals surface area contributed by atoms with Crippen LogP contribution in [0.25, 0.3) is 0 Å². The quantitative estimate of drug-likeness (QED) is 0.555. The summed E-state index contributed by atoms with van der Waals surface area (Å²) < 4.78 is 24.3. The number of ether oxygens (including phenoxy) is 2. The lowest BCUT2D eigenvalue weighted by Crippen LogP contribution is -2.28. The van der Waals surface area contributed by atoms with Crippen LogP contribution in [0.15, 0.2) is 17.0 Å². The maximum atomic E-state index is 13.5. The minimum atomic E-state index is -0.793. The zero-order chi connectivity index (χ0) is 21.7. The zero-order valence-corrected chi connectivity index (χ0v) is 18.2. The van der Waals surface area contributed by atoms with Crippen LogP contribution >= 0.6 is 12.1 Å². The Kier molecular flexibility index (Phi) is 8.05. The van der Waals surface area contributed by atoms with E-state index in [1.807, 2.05) is 0 Å². The Morgan fingerprint density at radius 1 is 0.964 bits per heavy atom. The van der Waals surface area contributed by atoms with Gasteiger partial charge in [0.15, 0.2) is 11.5 Å². The van der Waals surface area contributed by atoms with E-state index in [1.54, 1.807) is 41.5 Å². The summed E-state index contributed by atoms with van der Waals surface area (Å²) in [6.45, 7) is 11.8. The second-order valence-corrected chi connectivity index (χ2v) is 9.09. The van der Waals surface area contributed by atoms with Gasteiger partial charge in [-0.15, -0.1) is 0 Å². The highest BCUT2D eigenvalue weighted by molar-refractivity contribution is 7.94. The van der Waals surface area contributed by atoms with E-state index in [0.717, 1.165) is 0 Å². The monoisotopic (exact) mass is 413 g/mol. The SMILES string of the molecule is CC(=O)NCCc1cc(OC(=O)C(C)(C)C)c(OC(=O)C(C)(C)C)cc1SF. The third-order valence-electron chi connectivity index (χ3n) is 3.61. The first-order chi connectivity index (χ1) is 12.8. The van der Waals surface area contributed by atoms with Gasteiger partial charge in [-0.05, 0) is 59.6 Å². The number of halogens is 1. The van der Waals surface area contributed by atoms with Crippen LogP contribution in [-0.2, 0) is 20.8 Å². The summed E-state index contributed by atoms with van der Waals surface area (Å²) >= 11 is -0.00835. The number of hydrogen-bond donors (Lipinski definition) is 1. The van der Waals surface area contributed by atoms with Crippen molar-refractivity contribution >= 4 is 30.0 Å². The molecule has 1 aromatic rings. The van der Waals surface area contributed by atoms with Gasteiger partial charge in [0.25, 0.3) is 0 Å². The summed E-state index contributed by atoms with van der Waals surface area (Å²) in [5, 5.41) is 2.63. The Morgan fingerprint density at radius 3 is 1.82 bits per heavy atom. The van der Waals surface area contributed by atoms with Crippen LogP contribution in [0.3, 0.4) is 0 Å².